The summed E-state index contributed by atoms with van der Waals surface area (Å²) in [5, 5.41) is 3.46. The third-order valence-corrected chi connectivity index (χ3v) is 7.07. The van der Waals surface area contributed by atoms with Crippen LogP contribution in [0, 0.1) is 5.92 Å². The quantitative estimate of drug-likeness (QED) is 0.456. The number of halogens is 3. The van der Waals surface area contributed by atoms with Crippen molar-refractivity contribution in [2.75, 3.05) is 24.2 Å². The first-order valence-corrected chi connectivity index (χ1v) is 12.1. The first-order chi connectivity index (χ1) is 16.2. The molecule has 180 valence electrons. The number of hydrogen-bond acceptors (Lipinski definition) is 3. The normalized spacial score (nSPS) is 15.0. The number of benzene rings is 2. The lowest BCUT2D eigenvalue weighted by Crippen LogP contribution is -2.39. The van der Waals surface area contributed by atoms with Crippen LogP contribution in [0.25, 0.3) is 10.9 Å². The van der Waals surface area contributed by atoms with Crippen molar-refractivity contribution in [3.63, 3.8) is 0 Å². The number of anilines is 1. The van der Waals surface area contributed by atoms with Gasteiger partial charge >= 0.3 is 6.18 Å². The summed E-state index contributed by atoms with van der Waals surface area (Å²) in [5.41, 5.74) is 0.195. The molecule has 1 saturated heterocycles. The standard InChI is InChI=1S/C25H26F3N3O2S/c1-17-9-11-30(12-10-17)24(33)15-31-14-22(20-7-2-3-8-21(20)31)34-16-23(32)29-19-6-4-5-18(13-19)25(26,27)28/h2-8,13-14,17H,9-12,15-16H2,1H3,(H,29,32). The number of nitrogens with zero attached hydrogens (tertiary/aromatic N) is 2. The van der Waals surface area contributed by atoms with E-state index in [-0.39, 0.29) is 23.9 Å². The molecule has 0 saturated carbocycles. The van der Waals surface area contributed by atoms with Gasteiger partial charge in [-0.25, -0.2) is 0 Å². The number of para-hydroxylation sites is 1. The lowest BCUT2D eigenvalue weighted by Gasteiger charge is -2.30. The van der Waals surface area contributed by atoms with Crippen molar-refractivity contribution in [1.82, 2.24) is 9.47 Å². The second kappa shape index (κ2) is 10.1. The van der Waals surface area contributed by atoms with Crippen molar-refractivity contribution in [3.05, 3.63) is 60.3 Å². The molecule has 0 aliphatic carbocycles. The molecule has 2 amide bonds. The van der Waals surface area contributed by atoms with Gasteiger partial charge in [0.2, 0.25) is 11.8 Å². The molecule has 4 rings (SSSR count). The first-order valence-electron chi connectivity index (χ1n) is 11.2. The minimum absolute atomic E-state index is 0.0300. The number of thioether (sulfide) groups is 1. The van der Waals surface area contributed by atoms with Gasteiger partial charge in [0.15, 0.2) is 0 Å². The van der Waals surface area contributed by atoms with E-state index in [0.29, 0.717) is 5.92 Å². The van der Waals surface area contributed by atoms with Gasteiger partial charge in [-0.05, 0) is 43.0 Å². The van der Waals surface area contributed by atoms with Gasteiger partial charge in [-0.15, -0.1) is 11.8 Å². The molecule has 34 heavy (non-hydrogen) atoms. The smallest absolute Gasteiger partial charge is 0.341 e. The van der Waals surface area contributed by atoms with Crippen LogP contribution >= 0.6 is 11.8 Å². The number of piperidine rings is 1. The van der Waals surface area contributed by atoms with E-state index < -0.39 is 17.6 Å². The highest BCUT2D eigenvalue weighted by Gasteiger charge is 2.30. The molecule has 5 nitrogen and oxygen atoms in total. The molecule has 0 unspecified atom stereocenters. The van der Waals surface area contributed by atoms with Crippen molar-refractivity contribution < 1.29 is 22.8 Å². The number of rotatable bonds is 6. The number of carbonyl (C=O) groups excluding carboxylic acids is 2. The van der Waals surface area contributed by atoms with Crippen molar-refractivity contribution in [3.8, 4) is 0 Å². The number of alkyl halides is 3. The van der Waals surface area contributed by atoms with Crippen LogP contribution in [0.15, 0.2) is 59.6 Å². The Hall–Kier alpha value is -2.94. The molecule has 0 bridgehead atoms. The summed E-state index contributed by atoms with van der Waals surface area (Å²) in [5.74, 6) is 0.343. The van der Waals surface area contributed by atoms with Gasteiger partial charge in [-0.3, -0.25) is 9.59 Å². The predicted molar refractivity (Wildman–Crippen MR) is 128 cm³/mol. The number of fused-ring (bicyclic) bond motifs is 1. The Balaban J connectivity index is 1.42. The molecule has 1 aliphatic rings. The maximum atomic E-state index is 12.9. The van der Waals surface area contributed by atoms with E-state index in [2.05, 4.69) is 12.2 Å². The highest BCUT2D eigenvalue weighted by molar-refractivity contribution is 8.00. The zero-order chi connectivity index (χ0) is 24.3. The number of carbonyl (C=O) groups is 2. The lowest BCUT2D eigenvalue weighted by atomic mass is 9.99. The number of hydrogen-bond donors (Lipinski definition) is 1. The minimum atomic E-state index is -4.47. The fourth-order valence-electron chi connectivity index (χ4n) is 4.08. The minimum Gasteiger partial charge on any atom is -0.341 e. The molecule has 2 heterocycles. The molecule has 1 aromatic heterocycles. The Labute approximate surface area is 200 Å². The summed E-state index contributed by atoms with van der Waals surface area (Å²) >= 11 is 1.29. The van der Waals surface area contributed by atoms with Gasteiger partial charge < -0.3 is 14.8 Å². The third kappa shape index (κ3) is 5.75. The second-order valence-electron chi connectivity index (χ2n) is 8.62. The van der Waals surface area contributed by atoms with Crippen LogP contribution in [0.2, 0.25) is 0 Å². The predicted octanol–water partition coefficient (Wildman–Crippen LogP) is 5.65. The van der Waals surface area contributed by atoms with Crippen molar-refractivity contribution in [2.45, 2.75) is 37.4 Å². The van der Waals surface area contributed by atoms with E-state index in [1.54, 1.807) is 0 Å². The van der Waals surface area contributed by atoms with E-state index in [1.165, 1.54) is 23.9 Å². The molecule has 0 radical (unpaired) electrons. The topological polar surface area (TPSA) is 54.3 Å². The fourth-order valence-corrected chi connectivity index (χ4v) is 4.96. The Kier molecular flexibility index (Phi) is 7.21. The molecule has 9 heteroatoms. The van der Waals surface area contributed by atoms with Gasteiger partial charge in [0, 0.05) is 40.8 Å². The summed E-state index contributed by atoms with van der Waals surface area (Å²) in [4.78, 5) is 28.0. The number of aromatic nitrogens is 1. The van der Waals surface area contributed by atoms with E-state index in [4.69, 9.17) is 0 Å². The van der Waals surface area contributed by atoms with Gasteiger partial charge in [0.05, 0.1) is 11.3 Å². The SMILES string of the molecule is CC1CCN(C(=O)Cn2cc(SCC(=O)Nc3cccc(C(F)(F)F)c3)c3ccccc32)CC1. The summed E-state index contributed by atoms with van der Waals surface area (Å²) in [6, 6.07) is 12.2. The van der Waals surface area contributed by atoms with Crippen LogP contribution in [-0.2, 0) is 22.3 Å². The van der Waals surface area contributed by atoms with Crippen LogP contribution in [0.4, 0.5) is 18.9 Å². The second-order valence-corrected chi connectivity index (χ2v) is 9.63. The molecular formula is C25H26F3N3O2S. The molecule has 1 fully saturated rings. The lowest BCUT2D eigenvalue weighted by molar-refractivity contribution is -0.137. The monoisotopic (exact) mass is 489 g/mol. The number of nitrogens with one attached hydrogen (secondary N) is 1. The summed E-state index contributed by atoms with van der Waals surface area (Å²) in [6.45, 7) is 3.98. The molecule has 0 spiro atoms. The zero-order valence-electron chi connectivity index (χ0n) is 18.8. The molecular weight excluding hydrogens is 463 g/mol. The summed E-state index contributed by atoms with van der Waals surface area (Å²) < 4.78 is 40.6. The van der Waals surface area contributed by atoms with Crippen molar-refractivity contribution >= 4 is 40.2 Å². The largest absolute Gasteiger partial charge is 0.416 e. The summed E-state index contributed by atoms with van der Waals surface area (Å²) in [6.07, 6.45) is -0.570. The highest BCUT2D eigenvalue weighted by atomic mass is 32.2. The Morgan fingerprint density at radius 3 is 2.56 bits per heavy atom. The zero-order valence-corrected chi connectivity index (χ0v) is 19.6. The maximum Gasteiger partial charge on any atom is 0.416 e. The molecule has 2 aromatic carbocycles. The maximum absolute atomic E-state index is 12.9. The van der Waals surface area contributed by atoms with E-state index in [1.807, 2.05) is 39.9 Å². The first kappa shape index (κ1) is 24.2. The van der Waals surface area contributed by atoms with Crippen molar-refractivity contribution in [1.29, 1.82) is 0 Å². The van der Waals surface area contributed by atoms with E-state index >= 15 is 0 Å². The van der Waals surface area contributed by atoms with E-state index in [9.17, 15) is 22.8 Å². The fraction of sp³-hybridized carbons (Fsp3) is 0.360. The van der Waals surface area contributed by atoms with Crippen LogP contribution in [0.5, 0.6) is 0 Å². The van der Waals surface area contributed by atoms with Gasteiger partial charge in [-0.1, -0.05) is 31.2 Å². The van der Waals surface area contributed by atoms with Crippen LogP contribution in [0.1, 0.15) is 25.3 Å². The third-order valence-electron chi connectivity index (χ3n) is 6.03. The molecule has 0 atom stereocenters. The average molecular weight is 490 g/mol. The van der Waals surface area contributed by atoms with Crippen LogP contribution in [-0.4, -0.2) is 40.1 Å². The Morgan fingerprint density at radius 1 is 1.09 bits per heavy atom. The van der Waals surface area contributed by atoms with Crippen molar-refractivity contribution in [2.24, 2.45) is 5.92 Å². The van der Waals surface area contributed by atoms with Crippen LogP contribution in [0.3, 0.4) is 0 Å². The molecule has 1 aliphatic heterocycles. The van der Waals surface area contributed by atoms with Gasteiger partial charge in [0.25, 0.3) is 0 Å². The van der Waals surface area contributed by atoms with E-state index in [0.717, 1.165) is 53.9 Å². The van der Waals surface area contributed by atoms with Gasteiger partial charge in [-0.2, -0.15) is 13.2 Å². The molecule has 1 N–H and O–H groups in total. The number of likely N-dealkylation sites (tertiary alicyclic amines) is 1. The summed E-state index contributed by atoms with van der Waals surface area (Å²) in [7, 11) is 0. The highest BCUT2D eigenvalue weighted by Crippen LogP contribution is 2.32. The van der Waals surface area contributed by atoms with Crippen LogP contribution < -0.4 is 5.32 Å². The Morgan fingerprint density at radius 2 is 1.82 bits per heavy atom. The molecule has 3 aromatic rings. The average Bonchev–Trinajstić information content (AvgIpc) is 3.15. The number of amides is 2. The van der Waals surface area contributed by atoms with Gasteiger partial charge in [0.1, 0.15) is 6.54 Å². The Bertz CT molecular complexity index is 1180.